The maximum Gasteiger partial charge on any atom is 0.226 e. The number of nitrogens with zero attached hydrogens (tertiary/aromatic N) is 8. The van der Waals surface area contributed by atoms with E-state index in [4.69, 9.17) is 10.5 Å². The molecule has 0 saturated carbocycles. The summed E-state index contributed by atoms with van der Waals surface area (Å²) in [6, 6.07) is 3.70. The molecule has 0 bridgehead atoms. The highest BCUT2D eigenvalue weighted by Gasteiger charge is 2.28. The molecule has 182 valence electrons. The van der Waals surface area contributed by atoms with Crippen LogP contribution in [-0.4, -0.2) is 80.2 Å². The summed E-state index contributed by atoms with van der Waals surface area (Å²) in [5.74, 6) is 5.05. The van der Waals surface area contributed by atoms with Gasteiger partial charge in [0.25, 0.3) is 0 Å². The third kappa shape index (κ3) is 4.36. The number of nitrogens with two attached hydrogens (primary N) is 1. The normalized spacial score (nSPS) is 16.7. The summed E-state index contributed by atoms with van der Waals surface area (Å²) in [6.45, 7) is 5.29. The lowest BCUT2D eigenvalue weighted by molar-refractivity contribution is 0.0786. The molecular formula is C23H25F2N9O. The zero-order valence-electron chi connectivity index (χ0n) is 19.4. The summed E-state index contributed by atoms with van der Waals surface area (Å²) >= 11 is 0. The highest BCUT2D eigenvalue weighted by molar-refractivity contribution is 5.89. The summed E-state index contributed by atoms with van der Waals surface area (Å²) in [5.41, 5.74) is 7.70. The van der Waals surface area contributed by atoms with E-state index in [1.54, 1.807) is 24.9 Å². The molecule has 5 rings (SSSR count). The Morgan fingerprint density at radius 2 is 2.03 bits per heavy atom. The van der Waals surface area contributed by atoms with Crippen LogP contribution < -0.4 is 10.6 Å². The number of nitrogen functional groups attached to an aromatic ring is 1. The number of benzene rings is 1. The lowest BCUT2D eigenvalue weighted by Crippen LogP contribution is -2.55. The predicted molar refractivity (Wildman–Crippen MR) is 127 cm³/mol. The van der Waals surface area contributed by atoms with Gasteiger partial charge in [-0.3, -0.25) is 4.90 Å². The topological polar surface area (TPSA) is 103 Å². The fourth-order valence-electron chi connectivity index (χ4n) is 4.50. The van der Waals surface area contributed by atoms with Crippen molar-refractivity contribution in [1.82, 2.24) is 34.3 Å². The summed E-state index contributed by atoms with van der Waals surface area (Å²) in [5, 5.41) is 9.53. The average molecular weight is 482 g/mol. The lowest BCUT2D eigenvalue weighted by Gasteiger charge is -2.42. The molecule has 4 heterocycles. The second kappa shape index (κ2) is 9.44. The van der Waals surface area contributed by atoms with Crippen molar-refractivity contribution in [1.29, 1.82) is 0 Å². The largest absolute Gasteiger partial charge is 0.383 e. The van der Waals surface area contributed by atoms with Crippen LogP contribution in [0.5, 0.6) is 0 Å². The van der Waals surface area contributed by atoms with Crippen molar-refractivity contribution in [2.45, 2.75) is 19.5 Å². The fourth-order valence-corrected chi connectivity index (χ4v) is 4.50. The first-order valence-electron chi connectivity index (χ1n) is 11.2. The van der Waals surface area contributed by atoms with E-state index in [9.17, 15) is 8.78 Å². The summed E-state index contributed by atoms with van der Waals surface area (Å²) < 4.78 is 36.4. The van der Waals surface area contributed by atoms with Crippen molar-refractivity contribution in [3.05, 3.63) is 41.9 Å². The standard InChI is InChI=1S/C23H25F2N9O/c1-3-4-20-28-22-17-12-27-33(21(17)29-23(26)34(22)30-20)10-9-31-7-8-32(13-16(31)14-35-2)19-6-5-15(24)11-18(19)25/h5-6,11-12,16H,7-10,13-14H2,1-2H3,(H2,26,29). The Morgan fingerprint density at radius 3 is 2.80 bits per heavy atom. The molecule has 3 aromatic heterocycles. The number of methoxy groups -OCH3 is 1. The van der Waals surface area contributed by atoms with E-state index in [0.29, 0.717) is 62.1 Å². The average Bonchev–Trinajstić information content (AvgIpc) is 3.43. The quantitative estimate of drug-likeness (QED) is 0.414. The van der Waals surface area contributed by atoms with Gasteiger partial charge < -0.3 is 15.4 Å². The molecular weight excluding hydrogens is 456 g/mol. The molecule has 10 nitrogen and oxygen atoms in total. The predicted octanol–water partition coefficient (Wildman–Crippen LogP) is 1.54. The van der Waals surface area contributed by atoms with Gasteiger partial charge in [-0.2, -0.15) is 19.6 Å². The number of hydrogen-bond acceptors (Lipinski definition) is 8. The van der Waals surface area contributed by atoms with Gasteiger partial charge in [0.15, 0.2) is 11.3 Å². The molecule has 1 aliphatic heterocycles. The molecule has 1 unspecified atom stereocenters. The number of hydrogen-bond donors (Lipinski definition) is 1. The molecule has 0 radical (unpaired) electrons. The van der Waals surface area contributed by atoms with Gasteiger partial charge in [0.1, 0.15) is 11.6 Å². The molecule has 1 aromatic carbocycles. The molecule has 2 N–H and O–H groups in total. The van der Waals surface area contributed by atoms with Gasteiger partial charge >= 0.3 is 0 Å². The van der Waals surface area contributed by atoms with Crippen molar-refractivity contribution in [2.75, 3.05) is 50.5 Å². The molecule has 0 aliphatic carbocycles. The van der Waals surface area contributed by atoms with Gasteiger partial charge in [-0.25, -0.2) is 13.5 Å². The van der Waals surface area contributed by atoms with Gasteiger partial charge in [0, 0.05) is 39.4 Å². The van der Waals surface area contributed by atoms with Crippen molar-refractivity contribution in [3.8, 4) is 11.8 Å². The zero-order chi connectivity index (χ0) is 24.5. The Hall–Kier alpha value is -3.82. The highest BCUT2D eigenvalue weighted by atomic mass is 19.1. The van der Waals surface area contributed by atoms with Crippen LogP contribution in [0.4, 0.5) is 20.4 Å². The number of anilines is 2. The Kier molecular flexibility index (Phi) is 6.19. The maximum atomic E-state index is 14.3. The van der Waals surface area contributed by atoms with Crippen LogP contribution in [0.15, 0.2) is 24.4 Å². The van der Waals surface area contributed by atoms with Crippen molar-refractivity contribution in [2.24, 2.45) is 0 Å². The number of rotatable bonds is 6. The molecule has 4 aromatic rings. The van der Waals surface area contributed by atoms with Gasteiger partial charge in [-0.1, -0.05) is 5.92 Å². The van der Waals surface area contributed by atoms with Crippen LogP contribution in [0, 0.1) is 23.5 Å². The minimum Gasteiger partial charge on any atom is -0.383 e. The Labute approximate surface area is 200 Å². The van der Waals surface area contributed by atoms with E-state index in [1.807, 2.05) is 4.90 Å². The number of halogens is 2. The smallest absolute Gasteiger partial charge is 0.226 e. The van der Waals surface area contributed by atoms with Crippen molar-refractivity contribution < 1.29 is 13.5 Å². The van der Waals surface area contributed by atoms with E-state index in [0.717, 1.165) is 11.5 Å². The van der Waals surface area contributed by atoms with E-state index in [-0.39, 0.29) is 12.0 Å². The van der Waals surface area contributed by atoms with Crippen LogP contribution in [0.2, 0.25) is 0 Å². The molecule has 35 heavy (non-hydrogen) atoms. The van der Waals surface area contributed by atoms with Crippen LogP contribution >= 0.6 is 0 Å². The molecule has 0 amide bonds. The van der Waals surface area contributed by atoms with Gasteiger partial charge in [0.05, 0.1) is 36.5 Å². The monoisotopic (exact) mass is 481 g/mol. The van der Waals surface area contributed by atoms with E-state index >= 15 is 0 Å². The summed E-state index contributed by atoms with van der Waals surface area (Å²) in [4.78, 5) is 13.2. The summed E-state index contributed by atoms with van der Waals surface area (Å²) in [6.07, 6.45) is 1.71. The van der Waals surface area contributed by atoms with Gasteiger partial charge in [-0.15, -0.1) is 5.10 Å². The highest BCUT2D eigenvalue weighted by Crippen LogP contribution is 2.24. The van der Waals surface area contributed by atoms with Crippen LogP contribution in [0.1, 0.15) is 12.7 Å². The minimum absolute atomic E-state index is 0.0245. The van der Waals surface area contributed by atoms with Crippen molar-refractivity contribution in [3.63, 3.8) is 0 Å². The van der Waals surface area contributed by atoms with Gasteiger partial charge in [-0.05, 0) is 25.0 Å². The Balaban J connectivity index is 1.34. The van der Waals surface area contributed by atoms with E-state index < -0.39 is 11.6 Å². The molecule has 12 heteroatoms. The Morgan fingerprint density at radius 1 is 1.17 bits per heavy atom. The number of piperazine rings is 1. The molecule has 1 fully saturated rings. The Bertz CT molecular complexity index is 1440. The van der Waals surface area contributed by atoms with Crippen molar-refractivity contribution >= 4 is 28.3 Å². The minimum atomic E-state index is -0.586. The van der Waals surface area contributed by atoms with E-state index in [2.05, 4.69) is 36.9 Å². The van der Waals surface area contributed by atoms with Crippen LogP contribution in [0.25, 0.3) is 16.7 Å². The fraction of sp³-hybridized carbons (Fsp3) is 0.391. The van der Waals surface area contributed by atoms with E-state index in [1.165, 1.54) is 16.6 Å². The second-order valence-electron chi connectivity index (χ2n) is 8.31. The van der Waals surface area contributed by atoms with Crippen LogP contribution in [0.3, 0.4) is 0 Å². The SMILES string of the molecule is CC#Cc1nc2c3cnn(CCN4CCN(c5ccc(F)cc5F)CC4COC)c3nc(N)n2n1. The number of fused-ring (bicyclic) bond motifs is 3. The first-order valence-corrected chi connectivity index (χ1v) is 11.2. The third-order valence-electron chi connectivity index (χ3n) is 6.15. The number of aromatic nitrogens is 6. The first-order chi connectivity index (χ1) is 17.0. The summed E-state index contributed by atoms with van der Waals surface area (Å²) in [7, 11) is 1.64. The van der Waals surface area contributed by atoms with Gasteiger partial charge in [0.2, 0.25) is 11.8 Å². The second-order valence-corrected chi connectivity index (χ2v) is 8.31. The molecule has 1 atom stereocenters. The third-order valence-corrected chi connectivity index (χ3v) is 6.15. The molecule has 0 spiro atoms. The maximum absolute atomic E-state index is 14.3. The van der Waals surface area contributed by atoms with Crippen LogP contribution in [-0.2, 0) is 11.3 Å². The lowest BCUT2D eigenvalue weighted by atomic mass is 10.1. The number of ether oxygens (including phenoxy) is 1. The first kappa shape index (κ1) is 22.9. The zero-order valence-corrected chi connectivity index (χ0v) is 19.4. The molecule has 1 saturated heterocycles. The molecule has 1 aliphatic rings.